The predicted molar refractivity (Wildman–Crippen MR) is 86.9 cm³/mol. The molecule has 1 amide bonds. The number of aromatic nitrogens is 2. The predicted octanol–water partition coefficient (Wildman–Crippen LogP) is 2.36. The van der Waals surface area contributed by atoms with E-state index in [4.69, 9.17) is 4.74 Å². The quantitative estimate of drug-likeness (QED) is 0.850. The van der Waals surface area contributed by atoms with E-state index in [-0.39, 0.29) is 17.8 Å². The van der Waals surface area contributed by atoms with Crippen molar-refractivity contribution in [2.75, 3.05) is 19.8 Å². The third-order valence-corrected chi connectivity index (χ3v) is 4.84. The molecular weight excluding hydrogens is 309 g/mol. The number of benzene rings is 1. The number of hydrogen-bond donors (Lipinski definition) is 0. The molecule has 24 heavy (non-hydrogen) atoms. The molecular formula is C18H20FN3O2. The summed E-state index contributed by atoms with van der Waals surface area (Å²) in [6.45, 7) is 3.64. The van der Waals surface area contributed by atoms with Crippen molar-refractivity contribution >= 4 is 5.91 Å². The molecule has 4 rings (SSSR count). The Morgan fingerprint density at radius 3 is 2.96 bits per heavy atom. The summed E-state index contributed by atoms with van der Waals surface area (Å²) in [5.74, 6) is -0.396. The second-order valence-corrected chi connectivity index (χ2v) is 6.41. The van der Waals surface area contributed by atoms with Crippen molar-refractivity contribution in [2.24, 2.45) is 0 Å². The molecule has 126 valence electrons. The van der Waals surface area contributed by atoms with Crippen LogP contribution in [-0.4, -0.2) is 46.4 Å². The van der Waals surface area contributed by atoms with Gasteiger partial charge in [0.15, 0.2) is 5.69 Å². The highest BCUT2D eigenvalue weighted by molar-refractivity contribution is 5.94. The molecule has 2 heterocycles. The number of fused-ring (bicyclic) bond motifs is 1. The van der Waals surface area contributed by atoms with E-state index in [1.54, 1.807) is 22.9 Å². The highest BCUT2D eigenvalue weighted by Gasteiger charge is 2.32. The van der Waals surface area contributed by atoms with Crippen molar-refractivity contribution in [3.05, 3.63) is 47.0 Å². The van der Waals surface area contributed by atoms with E-state index in [1.807, 2.05) is 11.8 Å². The highest BCUT2D eigenvalue weighted by atomic mass is 19.1. The maximum Gasteiger partial charge on any atom is 0.275 e. The molecule has 0 N–H and O–H groups in total. The first-order valence-electron chi connectivity index (χ1n) is 8.41. The average molecular weight is 329 g/mol. The molecule has 0 saturated carbocycles. The Bertz CT molecular complexity index is 787. The van der Waals surface area contributed by atoms with Crippen LogP contribution < -0.4 is 0 Å². The Kier molecular flexibility index (Phi) is 3.84. The Morgan fingerprint density at radius 2 is 2.17 bits per heavy atom. The number of carbonyl (C=O) groups is 1. The number of amides is 1. The fourth-order valence-electron chi connectivity index (χ4n) is 3.60. The summed E-state index contributed by atoms with van der Waals surface area (Å²) >= 11 is 0. The van der Waals surface area contributed by atoms with Crippen molar-refractivity contribution in [1.82, 2.24) is 14.7 Å². The van der Waals surface area contributed by atoms with Crippen LogP contribution in [0.3, 0.4) is 0 Å². The molecule has 1 saturated heterocycles. The van der Waals surface area contributed by atoms with Gasteiger partial charge in [-0.15, -0.1) is 0 Å². The van der Waals surface area contributed by atoms with E-state index >= 15 is 0 Å². The molecule has 0 radical (unpaired) electrons. The molecule has 2 aliphatic rings. The summed E-state index contributed by atoms with van der Waals surface area (Å²) in [7, 11) is 0. The molecule has 1 aliphatic heterocycles. The number of nitrogens with zero attached hydrogens (tertiary/aromatic N) is 3. The molecule has 1 atom stereocenters. The maximum atomic E-state index is 14.2. The number of para-hydroxylation sites is 1. The van der Waals surface area contributed by atoms with Crippen LogP contribution in [0.25, 0.3) is 5.69 Å². The zero-order valence-electron chi connectivity index (χ0n) is 13.7. The van der Waals surface area contributed by atoms with Gasteiger partial charge in [-0.25, -0.2) is 9.07 Å². The van der Waals surface area contributed by atoms with E-state index in [0.29, 0.717) is 31.1 Å². The topological polar surface area (TPSA) is 47.4 Å². The largest absolute Gasteiger partial charge is 0.377 e. The number of hydrogen-bond acceptors (Lipinski definition) is 3. The van der Waals surface area contributed by atoms with Gasteiger partial charge in [0.2, 0.25) is 0 Å². The van der Waals surface area contributed by atoms with Crippen LogP contribution in [0.4, 0.5) is 4.39 Å². The average Bonchev–Trinajstić information content (AvgIpc) is 3.18. The Labute approximate surface area is 140 Å². The van der Waals surface area contributed by atoms with Gasteiger partial charge < -0.3 is 9.64 Å². The first-order chi connectivity index (χ1) is 11.7. The normalized spacial score (nSPS) is 20.2. The molecule has 1 aliphatic carbocycles. The van der Waals surface area contributed by atoms with Gasteiger partial charge in [0.1, 0.15) is 11.5 Å². The molecule has 1 unspecified atom stereocenters. The second-order valence-electron chi connectivity index (χ2n) is 6.41. The lowest BCUT2D eigenvalue weighted by Gasteiger charge is -2.32. The fourth-order valence-corrected chi connectivity index (χ4v) is 3.60. The van der Waals surface area contributed by atoms with Gasteiger partial charge in [0.25, 0.3) is 5.91 Å². The summed E-state index contributed by atoms with van der Waals surface area (Å²) in [6, 6.07) is 6.59. The number of halogens is 1. The van der Waals surface area contributed by atoms with Crippen molar-refractivity contribution in [3.8, 4) is 5.69 Å². The first kappa shape index (κ1) is 15.3. The van der Waals surface area contributed by atoms with Crippen molar-refractivity contribution in [2.45, 2.75) is 32.2 Å². The van der Waals surface area contributed by atoms with E-state index in [2.05, 4.69) is 5.10 Å². The number of rotatable bonds is 2. The molecule has 2 aromatic rings. The Hall–Kier alpha value is -2.21. The number of ether oxygens (including phenoxy) is 1. The standard InChI is InChI=1S/C18H20FN3O2/c1-12-11-24-10-9-21(12)18(23)17-13-5-4-8-15(13)22(20-17)16-7-3-2-6-14(16)19/h2-3,6-7,12H,4-5,8-11H2,1H3. The van der Waals surface area contributed by atoms with Crippen LogP contribution in [0.5, 0.6) is 0 Å². The van der Waals surface area contributed by atoms with E-state index in [0.717, 1.165) is 30.5 Å². The molecule has 5 nitrogen and oxygen atoms in total. The fraction of sp³-hybridized carbons (Fsp3) is 0.444. The van der Waals surface area contributed by atoms with Gasteiger partial charge in [-0.3, -0.25) is 4.79 Å². The summed E-state index contributed by atoms with van der Waals surface area (Å²) < 4.78 is 21.2. The lowest BCUT2D eigenvalue weighted by molar-refractivity contribution is 0.00319. The number of morpholine rings is 1. The Balaban J connectivity index is 1.76. The summed E-state index contributed by atoms with van der Waals surface area (Å²) in [4.78, 5) is 14.8. The minimum atomic E-state index is -0.326. The second kappa shape index (κ2) is 6.02. The minimum Gasteiger partial charge on any atom is -0.377 e. The van der Waals surface area contributed by atoms with Crippen LogP contribution in [0.15, 0.2) is 24.3 Å². The highest BCUT2D eigenvalue weighted by Crippen LogP contribution is 2.29. The zero-order valence-corrected chi connectivity index (χ0v) is 13.7. The van der Waals surface area contributed by atoms with Crippen molar-refractivity contribution in [1.29, 1.82) is 0 Å². The third kappa shape index (κ3) is 2.41. The SMILES string of the molecule is CC1COCCN1C(=O)c1nn(-c2ccccc2F)c2c1CCC2. The van der Waals surface area contributed by atoms with Gasteiger partial charge in [-0.05, 0) is 38.3 Å². The van der Waals surface area contributed by atoms with Crippen LogP contribution in [0.1, 0.15) is 35.1 Å². The maximum absolute atomic E-state index is 14.2. The van der Waals surface area contributed by atoms with Gasteiger partial charge in [0.05, 0.1) is 19.3 Å². The van der Waals surface area contributed by atoms with Gasteiger partial charge >= 0.3 is 0 Å². The summed E-state index contributed by atoms with van der Waals surface area (Å²) in [5.41, 5.74) is 2.82. The zero-order chi connectivity index (χ0) is 16.7. The van der Waals surface area contributed by atoms with Crippen molar-refractivity contribution < 1.29 is 13.9 Å². The van der Waals surface area contributed by atoms with Crippen LogP contribution >= 0.6 is 0 Å². The van der Waals surface area contributed by atoms with E-state index in [9.17, 15) is 9.18 Å². The molecule has 1 fully saturated rings. The molecule has 1 aromatic heterocycles. The minimum absolute atomic E-state index is 0.0296. The lowest BCUT2D eigenvalue weighted by atomic mass is 10.1. The van der Waals surface area contributed by atoms with Gasteiger partial charge in [-0.1, -0.05) is 12.1 Å². The molecule has 6 heteroatoms. The summed E-state index contributed by atoms with van der Waals surface area (Å²) in [6.07, 6.45) is 2.62. The van der Waals surface area contributed by atoms with Crippen LogP contribution in [0.2, 0.25) is 0 Å². The van der Waals surface area contributed by atoms with Crippen molar-refractivity contribution in [3.63, 3.8) is 0 Å². The monoisotopic (exact) mass is 329 g/mol. The van der Waals surface area contributed by atoms with Crippen LogP contribution in [0, 0.1) is 5.82 Å². The third-order valence-electron chi connectivity index (χ3n) is 4.84. The number of carbonyl (C=O) groups excluding carboxylic acids is 1. The van der Waals surface area contributed by atoms with Gasteiger partial charge in [-0.2, -0.15) is 5.10 Å². The van der Waals surface area contributed by atoms with Crippen LogP contribution in [-0.2, 0) is 17.6 Å². The van der Waals surface area contributed by atoms with Gasteiger partial charge in [0, 0.05) is 17.8 Å². The molecule has 0 bridgehead atoms. The molecule has 0 spiro atoms. The molecule has 1 aromatic carbocycles. The Morgan fingerprint density at radius 1 is 1.33 bits per heavy atom. The van der Waals surface area contributed by atoms with E-state index < -0.39 is 0 Å². The lowest BCUT2D eigenvalue weighted by Crippen LogP contribution is -2.47. The summed E-state index contributed by atoms with van der Waals surface area (Å²) in [5, 5.41) is 4.52. The van der Waals surface area contributed by atoms with E-state index in [1.165, 1.54) is 6.07 Å². The smallest absolute Gasteiger partial charge is 0.275 e. The first-order valence-corrected chi connectivity index (χ1v) is 8.41.